The van der Waals surface area contributed by atoms with Gasteiger partial charge < -0.3 is 15.8 Å². The van der Waals surface area contributed by atoms with Crippen molar-refractivity contribution in [3.05, 3.63) is 35.8 Å². The van der Waals surface area contributed by atoms with E-state index < -0.39 is 5.66 Å². The second kappa shape index (κ2) is 4.38. The van der Waals surface area contributed by atoms with Crippen molar-refractivity contribution in [2.45, 2.75) is 5.66 Å². The molecule has 20 heavy (non-hydrogen) atoms. The fraction of sp³-hybridized carbons (Fsp3) is 0.182. The number of nitrogens with two attached hydrogens (primary N) is 2. The summed E-state index contributed by atoms with van der Waals surface area (Å²) in [5.41, 5.74) is 13.1. The minimum Gasteiger partial charge on any atom is -0.480 e. The smallest absolute Gasteiger partial charge is 0.232 e. The molecule has 2 aromatic heterocycles. The number of rotatable bonds is 3. The van der Waals surface area contributed by atoms with Crippen LogP contribution in [0, 0.1) is 0 Å². The molecule has 2 aromatic rings. The molecular formula is C11H14N8O. The molecule has 0 radical (unpaired) electrons. The molecule has 104 valence electrons. The molecule has 0 spiro atoms. The Bertz CT molecular complexity index is 670. The summed E-state index contributed by atoms with van der Waals surface area (Å²) in [6, 6.07) is 1.67. The third-order valence-electron chi connectivity index (χ3n) is 2.94. The highest BCUT2D eigenvalue weighted by atomic mass is 16.5. The summed E-state index contributed by atoms with van der Waals surface area (Å²) in [5, 5.41) is 16.3. The lowest BCUT2D eigenvalue weighted by Crippen LogP contribution is -2.44. The van der Waals surface area contributed by atoms with Crippen LogP contribution in [-0.4, -0.2) is 33.5 Å². The van der Waals surface area contributed by atoms with Crippen LogP contribution in [0.15, 0.2) is 29.5 Å². The maximum atomic E-state index is 6.29. The highest BCUT2D eigenvalue weighted by Crippen LogP contribution is 2.28. The van der Waals surface area contributed by atoms with E-state index in [0.29, 0.717) is 17.3 Å². The molecule has 9 heteroatoms. The molecule has 0 saturated carbocycles. The highest BCUT2D eigenvalue weighted by molar-refractivity contribution is 5.90. The fourth-order valence-electron chi connectivity index (χ4n) is 1.96. The zero-order valence-electron chi connectivity index (χ0n) is 10.7. The molecule has 0 bridgehead atoms. The van der Waals surface area contributed by atoms with E-state index in [1.54, 1.807) is 24.5 Å². The van der Waals surface area contributed by atoms with E-state index in [-0.39, 0.29) is 5.96 Å². The largest absolute Gasteiger partial charge is 0.480 e. The van der Waals surface area contributed by atoms with Gasteiger partial charge in [0, 0.05) is 17.8 Å². The van der Waals surface area contributed by atoms with E-state index in [2.05, 4.69) is 30.7 Å². The van der Waals surface area contributed by atoms with E-state index in [9.17, 15) is 0 Å². The van der Waals surface area contributed by atoms with Crippen LogP contribution in [0.3, 0.4) is 0 Å². The molecule has 3 heterocycles. The van der Waals surface area contributed by atoms with Gasteiger partial charge in [0.2, 0.25) is 5.88 Å². The van der Waals surface area contributed by atoms with Crippen LogP contribution in [0.1, 0.15) is 11.3 Å². The number of hydrogen-bond acceptors (Lipinski definition) is 7. The zero-order chi connectivity index (χ0) is 14.2. The first-order valence-electron chi connectivity index (χ1n) is 5.84. The first-order chi connectivity index (χ1) is 9.60. The molecule has 9 nitrogen and oxygen atoms in total. The van der Waals surface area contributed by atoms with Gasteiger partial charge in [0.25, 0.3) is 0 Å². The number of nitrogens with zero attached hydrogens (tertiary/aromatic N) is 3. The summed E-state index contributed by atoms with van der Waals surface area (Å²) < 4.78 is 5.03. The fourth-order valence-corrected chi connectivity index (χ4v) is 1.96. The van der Waals surface area contributed by atoms with Gasteiger partial charge in [-0.3, -0.25) is 15.9 Å². The number of H-pyrrole nitrogens is 2. The Morgan fingerprint density at radius 3 is 2.90 bits per heavy atom. The van der Waals surface area contributed by atoms with Gasteiger partial charge in [0.05, 0.1) is 24.7 Å². The Balaban J connectivity index is 2.03. The SMILES string of the molecule is COc1cc(C2(N)C=C(c3cn[nH]c3)NC(N)=N2)[nH]n1. The van der Waals surface area contributed by atoms with Gasteiger partial charge >= 0.3 is 0 Å². The maximum Gasteiger partial charge on any atom is 0.232 e. The summed E-state index contributed by atoms with van der Waals surface area (Å²) in [6.45, 7) is 0. The minimum atomic E-state index is -1.15. The topological polar surface area (TPSA) is 143 Å². The van der Waals surface area contributed by atoms with E-state index >= 15 is 0 Å². The molecule has 0 amide bonds. The standard InChI is InChI=1S/C11H14N8O/c1-20-9-2-8(18-19-9)11(13)3-7(16-10(12)17-11)6-4-14-15-5-6/h2-5H,13H2,1H3,(H,14,15)(H,18,19)(H3,12,16,17). The first-order valence-corrected chi connectivity index (χ1v) is 5.84. The molecule has 1 unspecified atom stereocenters. The van der Waals surface area contributed by atoms with Crippen LogP contribution in [0.5, 0.6) is 5.88 Å². The summed E-state index contributed by atoms with van der Waals surface area (Å²) in [7, 11) is 1.52. The van der Waals surface area contributed by atoms with Gasteiger partial charge in [-0.05, 0) is 6.08 Å². The predicted molar refractivity (Wildman–Crippen MR) is 72.3 cm³/mol. The van der Waals surface area contributed by atoms with Gasteiger partial charge in [0.1, 0.15) is 0 Å². The van der Waals surface area contributed by atoms with Crippen LogP contribution in [0.25, 0.3) is 5.70 Å². The second-order valence-electron chi connectivity index (χ2n) is 4.32. The van der Waals surface area contributed by atoms with Crippen molar-refractivity contribution < 1.29 is 4.74 Å². The Morgan fingerprint density at radius 1 is 1.40 bits per heavy atom. The average molecular weight is 274 g/mol. The predicted octanol–water partition coefficient (Wildman–Crippen LogP) is -0.788. The number of methoxy groups -OCH3 is 1. The highest BCUT2D eigenvalue weighted by Gasteiger charge is 2.31. The molecule has 0 aromatic carbocycles. The van der Waals surface area contributed by atoms with Crippen molar-refractivity contribution in [1.82, 2.24) is 25.7 Å². The summed E-state index contributed by atoms with van der Waals surface area (Å²) in [5.74, 6) is 0.634. The number of ether oxygens (including phenoxy) is 1. The lowest BCUT2D eigenvalue weighted by Gasteiger charge is -2.26. The number of aromatic amines is 2. The quantitative estimate of drug-likeness (QED) is 0.496. The van der Waals surface area contributed by atoms with Crippen molar-refractivity contribution in [2.75, 3.05) is 7.11 Å². The van der Waals surface area contributed by atoms with E-state index in [0.717, 1.165) is 5.56 Å². The molecule has 3 rings (SSSR count). The van der Waals surface area contributed by atoms with Gasteiger partial charge in [-0.2, -0.15) is 5.10 Å². The summed E-state index contributed by atoms with van der Waals surface area (Å²) in [6.07, 6.45) is 5.12. The zero-order valence-corrected chi connectivity index (χ0v) is 10.7. The minimum absolute atomic E-state index is 0.208. The molecule has 1 aliphatic heterocycles. The molecular weight excluding hydrogens is 260 g/mol. The van der Waals surface area contributed by atoms with Gasteiger partial charge in [0.15, 0.2) is 11.6 Å². The van der Waals surface area contributed by atoms with Crippen molar-refractivity contribution in [3.8, 4) is 5.88 Å². The lowest BCUT2D eigenvalue weighted by atomic mass is 10.0. The summed E-state index contributed by atoms with van der Waals surface area (Å²) in [4.78, 5) is 4.22. The monoisotopic (exact) mass is 274 g/mol. The molecule has 1 aliphatic rings. The van der Waals surface area contributed by atoms with Gasteiger partial charge in [-0.1, -0.05) is 0 Å². The van der Waals surface area contributed by atoms with Crippen LogP contribution in [0.2, 0.25) is 0 Å². The van der Waals surface area contributed by atoms with Gasteiger partial charge in [-0.15, -0.1) is 5.10 Å². The van der Waals surface area contributed by atoms with Crippen LogP contribution >= 0.6 is 0 Å². The van der Waals surface area contributed by atoms with E-state index in [1.165, 1.54) is 7.11 Å². The molecule has 1 atom stereocenters. The Labute approximate surface area is 114 Å². The average Bonchev–Trinajstić information content (AvgIpc) is 3.09. The Kier molecular flexibility index (Phi) is 2.68. The van der Waals surface area contributed by atoms with E-state index in [1.807, 2.05) is 0 Å². The molecule has 0 aliphatic carbocycles. The normalized spacial score (nSPS) is 21.9. The molecule has 7 N–H and O–H groups in total. The molecule has 0 saturated heterocycles. The molecule has 0 fully saturated rings. The van der Waals surface area contributed by atoms with Gasteiger partial charge in [-0.25, -0.2) is 4.99 Å². The third-order valence-corrected chi connectivity index (χ3v) is 2.94. The van der Waals surface area contributed by atoms with Crippen molar-refractivity contribution in [1.29, 1.82) is 0 Å². The second-order valence-corrected chi connectivity index (χ2v) is 4.32. The van der Waals surface area contributed by atoms with Crippen molar-refractivity contribution in [2.24, 2.45) is 16.5 Å². The van der Waals surface area contributed by atoms with Crippen LogP contribution in [0.4, 0.5) is 0 Å². The number of hydrogen-bond donors (Lipinski definition) is 5. The number of aliphatic imine (C=N–C) groups is 1. The number of aromatic nitrogens is 4. The van der Waals surface area contributed by atoms with Crippen molar-refractivity contribution in [3.63, 3.8) is 0 Å². The van der Waals surface area contributed by atoms with Crippen molar-refractivity contribution >= 4 is 11.7 Å². The number of guanidine groups is 1. The van der Waals surface area contributed by atoms with Crippen LogP contribution < -0.4 is 21.5 Å². The Morgan fingerprint density at radius 2 is 2.25 bits per heavy atom. The van der Waals surface area contributed by atoms with Crippen LogP contribution in [-0.2, 0) is 5.66 Å². The Hall–Kier alpha value is -2.81. The van der Waals surface area contributed by atoms with E-state index in [4.69, 9.17) is 16.2 Å². The summed E-state index contributed by atoms with van der Waals surface area (Å²) >= 11 is 0. The number of nitrogens with one attached hydrogen (secondary N) is 3. The lowest BCUT2D eigenvalue weighted by molar-refractivity contribution is 0.397. The third kappa shape index (κ3) is 1.99. The maximum absolute atomic E-state index is 6.29. The first kappa shape index (κ1) is 12.2.